The maximum atomic E-state index is 13.2. The second kappa shape index (κ2) is 48.4. The third-order valence-corrected chi connectivity index (χ3v) is 15.0. The first-order valence-corrected chi connectivity index (χ1v) is 31.0. The van der Waals surface area contributed by atoms with Gasteiger partial charge in [-0.05, 0) is 57.8 Å². The van der Waals surface area contributed by atoms with Gasteiger partial charge in [-0.25, -0.2) is 0 Å². The molecule has 448 valence electrons. The normalized spacial score (nSPS) is 25.1. The van der Waals surface area contributed by atoms with Gasteiger partial charge in [-0.2, -0.15) is 0 Å². The topological polar surface area (TPSA) is 228 Å². The lowest BCUT2D eigenvalue weighted by Crippen LogP contribution is -2.65. The number of allylic oxidation sites excluding steroid dienone is 9. The molecule has 2 aliphatic rings. The van der Waals surface area contributed by atoms with Gasteiger partial charge in [0.1, 0.15) is 48.8 Å². The van der Waals surface area contributed by atoms with Crippen LogP contribution in [0.2, 0.25) is 0 Å². The van der Waals surface area contributed by atoms with Gasteiger partial charge < -0.3 is 65.1 Å². The van der Waals surface area contributed by atoms with E-state index in [1.807, 2.05) is 6.08 Å². The molecule has 9 N–H and O–H groups in total. The molecule has 2 aliphatic heterocycles. The molecule has 0 spiro atoms. The van der Waals surface area contributed by atoms with E-state index in [-0.39, 0.29) is 18.9 Å². The average Bonchev–Trinajstić information content (AvgIpc) is 3.43. The molecule has 0 saturated carbocycles. The van der Waals surface area contributed by atoms with E-state index in [2.05, 4.69) is 67.8 Å². The van der Waals surface area contributed by atoms with E-state index in [1.54, 1.807) is 6.08 Å². The summed E-state index contributed by atoms with van der Waals surface area (Å²) in [6.45, 7) is 2.68. The highest BCUT2D eigenvalue weighted by atomic mass is 16.7. The van der Waals surface area contributed by atoms with Crippen molar-refractivity contribution in [2.75, 3.05) is 19.8 Å². The average molecular weight is 1090 g/mol. The lowest BCUT2D eigenvalue weighted by Gasteiger charge is -2.46. The molecule has 0 aliphatic carbocycles. The second-order valence-corrected chi connectivity index (χ2v) is 21.8. The van der Waals surface area contributed by atoms with Crippen LogP contribution in [0, 0.1) is 0 Å². The Kier molecular flexibility index (Phi) is 44.5. The molecule has 12 unspecified atom stereocenters. The summed E-state index contributed by atoms with van der Waals surface area (Å²) in [6, 6.07) is -0.914. The number of hydrogen-bond acceptors (Lipinski definition) is 13. The summed E-state index contributed by atoms with van der Waals surface area (Å²) in [5, 5.41) is 87.0. The standard InChI is InChI=1S/C63H113NO13/c1-3-5-7-9-11-13-15-17-18-19-20-21-22-23-24-25-26-27-28-29-30-31-32-33-34-35-37-39-41-43-45-47-55(68)64-51(52(67)46-44-42-40-38-36-16-14-12-10-8-6-4-2)50-74-62-60(73)58(71)61(54(49-66)76-62)77-63-59(72)57(70)56(69)53(48-65)75-63/h5,7,11,13,17-18,20-21,44,46,51-54,56-63,65-67,69-73H,3-4,6,8-10,12,14-16,19,22-43,45,47-50H2,1-2H3,(H,64,68)/b7-5-,13-11-,18-17-,21-20-,46-44+. The van der Waals surface area contributed by atoms with E-state index in [9.17, 15) is 45.6 Å². The van der Waals surface area contributed by atoms with Gasteiger partial charge in [0.05, 0.1) is 32.0 Å². The molecule has 0 aromatic rings. The van der Waals surface area contributed by atoms with Gasteiger partial charge in [0.2, 0.25) is 5.91 Å². The molecule has 2 heterocycles. The molecule has 1 amide bonds. The van der Waals surface area contributed by atoms with E-state index >= 15 is 0 Å². The summed E-state index contributed by atoms with van der Waals surface area (Å²) in [5.41, 5.74) is 0. The number of nitrogens with one attached hydrogen (secondary N) is 1. The van der Waals surface area contributed by atoms with Crippen LogP contribution >= 0.6 is 0 Å². The zero-order chi connectivity index (χ0) is 56.0. The van der Waals surface area contributed by atoms with E-state index in [0.29, 0.717) is 6.42 Å². The molecule has 2 saturated heterocycles. The monoisotopic (exact) mass is 1090 g/mol. The number of aliphatic hydroxyl groups excluding tert-OH is 8. The van der Waals surface area contributed by atoms with Gasteiger partial charge in [0.25, 0.3) is 0 Å². The second-order valence-electron chi connectivity index (χ2n) is 21.8. The number of amides is 1. The van der Waals surface area contributed by atoms with Crippen molar-refractivity contribution in [3.8, 4) is 0 Å². The summed E-state index contributed by atoms with van der Waals surface area (Å²) in [4.78, 5) is 13.2. The van der Waals surface area contributed by atoms with Crippen LogP contribution in [0.1, 0.15) is 239 Å². The Morgan fingerprint density at radius 3 is 1.38 bits per heavy atom. The summed E-state index contributed by atoms with van der Waals surface area (Å²) in [7, 11) is 0. The number of aliphatic hydroxyl groups is 8. The van der Waals surface area contributed by atoms with Crippen molar-refractivity contribution in [1.29, 1.82) is 0 Å². The van der Waals surface area contributed by atoms with Crippen molar-refractivity contribution in [1.82, 2.24) is 5.32 Å². The number of carbonyl (C=O) groups excluding carboxylic acids is 1. The van der Waals surface area contributed by atoms with Gasteiger partial charge in [-0.1, -0.05) is 235 Å². The lowest BCUT2D eigenvalue weighted by molar-refractivity contribution is -0.359. The molecule has 0 bridgehead atoms. The molecule has 77 heavy (non-hydrogen) atoms. The van der Waals surface area contributed by atoms with Crippen LogP contribution in [0.25, 0.3) is 0 Å². The van der Waals surface area contributed by atoms with Crippen LogP contribution in [0.5, 0.6) is 0 Å². The van der Waals surface area contributed by atoms with Crippen LogP contribution in [0.3, 0.4) is 0 Å². The third-order valence-electron chi connectivity index (χ3n) is 15.0. The fraction of sp³-hybridized carbons (Fsp3) is 0.825. The van der Waals surface area contributed by atoms with Crippen LogP contribution in [0.15, 0.2) is 60.8 Å². The fourth-order valence-corrected chi connectivity index (χ4v) is 9.99. The molecule has 14 heteroatoms. The van der Waals surface area contributed by atoms with Crippen molar-refractivity contribution in [2.45, 2.75) is 312 Å². The van der Waals surface area contributed by atoms with Crippen molar-refractivity contribution in [2.24, 2.45) is 0 Å². The predicted molar refractivity (Wildman–Crippen MR) is 309 cm³/mol. The van der Waals surface area contributed by atoms with Gasteiger partial charge in [0, 0.05) is 6.42 Å². The van der Waals surface area contributed by atoms with Crippen molar-refractivity contribution < 1.29 is 64.6 Å². The van der Waals surface area contributed by atoms with Crippen LogP contribution in [0.4, 0.5) is 0 Å². The number of hydrogen-bond donors (Lipinski definition) is 9. The van der Waals surface area contributed by atoms with E-state index in [0.717, 1.165) is 64.2 Å². The maximum Gasteiger partial charge on any atom is 0.220 e. The summed E-state index contributed by atoms with van der Waals surface area (Å²) >= 11 is 0. The molecule has 2 fully saturated rings. The minimum Gasteiger partial charge on any atom is -0.394 e. The quantitative estimate of drug-likeness (QED) is 0.0204. The molecule has 0 aromatic carbocycles. The summed E-state index contributed by atoms with van der Waals surface area (Å²) < 4.78 is 22.8. The zero-order valence-electron chi connectivity index (χ0n) is 48.2. The Bertz CT molecular complexity index is 1520. The smallest absolute Gasteiger partial charge is 0.220 e. The number of ether oxygens (including phenoxy) is 4. The maximum absolute atomic E-state index is 13.2. The number of rotatable bonds is 49. The van der Waals surface area contributed by atoms with Gasteiger partial charge >= 0.3 is 0 Å². The molecular weight excluding hydrogens is 979 g/mol. The lowest BCUT2D eigenvalue weighted by atomic mass is 9.97. The largest absolute Gasteiger partial charge is 0.394 e. The number of unbranched alkanes of at least 4 members (excludes halogenated alkanes) is 28. The Labute approximate surface area is 466 Å². The molecule has 0 radical (unpaired) electrons. The van der Waals surface area contributed by atoms with E-state index in [4.69, 9.17) is 18.9 Å². The summed E-state index contributed by atoms with van der Waals surface area (Å²) in [5.74, 6) is -0.240. The summed E-state index contributed by atoms with van der Waals surface area (Å²) in [6.07, 6.45) is 45.6. The van der Waals surface area contributed by atoms with Crippen molar-refractivity contribution in [3.63, 3.8) is 0 Å². The van der Waals surface area contributed by atoms with E-state index in [1.165, 1.54) is 148 Å². The molecule has 14 nitrogen and oxygen atoms in total. The zero-order valence-corrected chi connectivity index (χ0v) is 48.2. The Hall–Kier alpha value is -2.31. The Morgan fingerprint density at radius 1 is 0.481 bits per heavy atom. The Balaban J connectivity index is 1.64. The minimum atomic E-state index is -1.79. The molecule has 12 atom stereocenters. The van der Waals surface area contributed by atoms with E-state index < -0.39 is 86.8 Å². The highest BCUT2D eigenvalue weighted by Gasteiger charge is 2.51. The van der Waals surface area contributed by atoms with Crippen LogP contribution < -0.4 is 5.32 Å². The minimum absolute atomic E-state index is 0.240. The van der Waals surface area contributed by atoms with Gasteiger partial charge in [-0.15, -0.1) is 0 Å². The van der Waals surface area contributed by atoms with Crippen molar-refractivity contribution in [3.05, 3.63) is 60.8 Å². The first-order valence-electron chi connectivity index (χ1n) is 31.0. The first kappa shape index (κ1) is 70.8. The van der Waals surface area contributed by atoms with Gasteiger partial charge in [0.15, 0.2) is 12.6 Å². The van der Waals surface area contributed by atoms with Crippen LogP contribution in [-0.4, -0.2) is 140 Å². The molecular formula is C63H113NO13. The molecule has 2 rings (SSSR count). The van der Waals surface area contributed by atoms with Crippen molar-refractivity contribution >= 4 is 5.91 Å². The Morgan fingerprint density at radius 2 is 0.896 bits per heavy atom. The highest BCUT2D eigenvalue weighted by molar-refractivity contribution is 5.76. The molecule has 0 aromatic heterocycles. The number of carbonyl (C=O) groups is 1. The SMILES string of the molecule is CC/C=C\C/C=C\C/C=C\C/C=C\CCCCCCCCCCCCCCCCCCCCC(=O)NC(COC1OC(CO)C(OC2OC(CO)C(O)C(O)C2O)C(O)C1O)C(O)/C=C/CCCCCCCCCCCC. The first-order chi connectivity index (χ1) is 37.6. The predicted octanol–water partition coefficient (Wildman–Crippen LogP) is 10.9. The third kappa shape index (κ3) is 33.9. The fourth-order valence-electron chi connectivity index (χ4n) is 9.99. The highest BCUT2D eigenvalue weighted by Crippen LogP contribution is 2.30. The van der Waals surface area contributed by atoms with Gasteiger partial charge in [-0.3, -0.25) is 4.79 Å². The van der Waals surface area contributed by atoms with Crippen LogP contribution in [-0.2, 0) is 23.7 Å².